The van der Waals surface area contributed by atoms with Gasteiger partial charge in [0.1, 0.15) is 12.2 Å². The summed E-state index contributed by atoms with van der Waals surface area (Å²) in [6, 6.07) is 0. The molecule has 0 radical (unpaired) electrons. The topological polar surface area (TPSA) is 157 Å². The van der Waals surface area contributed by atoms with E-state index in [1.165, 1.54) is 17.9 Å². The van der Waals surface area contributed by atoms with Gasteiger partial charge in [-0.3, -0.25) is 4.79 Å². The summed E-state index contributed by atoms with van der Waals surface area (Å²) in [6.07, 6.45) is -1.54. The highest BCUT2D eigenvalue weighted by molar-refractivity contribution is 7.90. The molecular formula is C23H43N5O7SSi2. The first-order valence-corrected chi connectivity index (χ1v) is 19.9. The van der Waals surface area contributed by atoms with E-state index in [9.17, 15) is 13.2 Å². The van der Waals surface area contributed by atoms with Crippen molar-refractivity contribution in [3.63, 3.8) is 0 Å². The molecule has 12 nitrogen and oxygen atoms in total. The third kappa shape index (κ3) is 5.51. The van der Waals surface area contributed by atoms with E-state index in [1.54, 1.807) is 0 Å². The van der Waals surface area contributed by atoms with Gasteiger partial charge in [0.2, 0.25) is 0 Å². The van der Waals surface area contributed by atoms with Gasteiger partial charge in [-0.15, -0.1) is 5.10 Å². The van der Waals surface area contributed by atoms with Crippen LogP contribution in [-0.2, 0) is 27.9 Å². The van der Waals surface area contributed by atoms with Gasteiger partial charge in [-0.25, -0.2) is 8.86 Å². The minimum Gasteiger partial charge on any atom is -0.414 e. The van der Waals surface area contributed by atoms with E-state index in [1.807, 2.05) is 13.1 Å². The summed E-state index contributed by atoms with van der Waals surface area (Å²) in [5, 5.41) is 11.2. The molecule has 1 amide bonds. The van der Waals surface area contributed by atoms with Crippen molar-refractivity contribution in [2.24, 2.45) is 5.73 Å². The SMILES string of the molecule is CNC(=O)c1cn([C@@H]2O[C@H](CO[Si](C)(C)C(C)(C)C)C3(OS(=O)(=O)C=C3N)[C@H]2O[Si](C)(C)C(C)(C)C)nn1. The number of amides is 1. The van der Waals surface area contributed by atoms with Crippen molar-refractivity contribution in [2.75, 3.05) is 13.7 Å². The van der Waals surface area contributed by atoms with Crippen molar-refractivity contribution >= 4 is 32.7 Å². The fourth-order valence-electron chi connectivity index (χ4n) is 3.84. The Morgan fingerprint density at radius 2 is 1.74 bits per heavy atom. The van der Waals surface area contributed by atoms with Gasteiger partial charge in [0, 0.05) is 7.05 Å². The molecule has 0 bridgehead atoms. The maximum Gasteiger partial charge on any atom is 0.292 e. The van der Waals surface area contributed by atoms with Crippen LogP contribution in [0.4, 0.5) is 0 Å². The third-order valence-corrected chi connectivity index (χ3v) is 18.3. The monoisotopic (exact) mass is 589 g/mol. The van der Waals surface area contributed by atoms with Crippen molar-refractivity contribution in [1.29, 1.82) is 0 Å². The number of rotatable bonds is 7. The molecule has 1 fully saturated rings. The van der Waals surface area contributed by atoms with Gasteiger partial charge in [0.05, 0.1) is 23.9 Å². The zero-order chi connectivity index (χ0) is 29.1. The van der Waals surface area contributed by atoms with E-state index in [2.05, 4.69) is 70.3 Å². The van der Waals surface area contributed by atoms with Crippen molar-refractivity contribution in [3.05, 3.63) is 23.0 Å². The molecule has 1 saturated heterocycles. The van der Waals surface area contributed by atoms with E-state index in [0.29, 0.717) is 0 Å². The maximum absolute atomic E-state index is 12.8. The van der Waals surface area contributed by atoms with Gasteiger partial charge in [-0.05, 0) is 36.3 Å². The molecule has 3 heterocycles. The lowest BCUT2D eigenvalue weighted by Gasteiger charge is -2.43. The Labute approximate surface area is 228 Å². The van der Waals surface area contributed by atoms with Crippen LogP contribution in [0.25, 0.3) is 0 Å². The van der Waals surface area contributed by atoms with E-state index in [-0.39, 0.29) is 28.1 Å². The molecule has 3 N–H and O–H groups in total. The average Bonchev–Trinajstić information content (AvgIpc) is 3.40. The molecule has 2 aliphatic heterocycles. The van der Waals surface area contributed by atoms with E-state index < -0.39 is 56.7 Å². The molecule has 0 aromatic carbocycles. The van der Waals surface area contributed by atoms with Crippen LogP contribution in [0.1, 0.15) is 58.3 Å². The predicted octanol–water partition coefficient (Wildman–Crippen LogP) is 2.85. The number of nitrogens with two attached hydrogens (primary N) is 1. The van der Waals surface area contributed by atoms with Crippen LogP contribution in [0.2, 0.25) is 36.3 Å². The molecule has 1 aromatic heterocycles. The maximum atomic E-state index is 12.8. The summed E-state index contributed by atoms with van der Waals surface area (Å²) >= 11 is 0. The zero-order valence-electron chi connectivity index (χ0n) is 24.3. The van der Waals surface area contributed by atoms with Gasteiger partial charge in [-0.2, -0.15) is 8.42 Å². The number of ether oxygens (including phenoxy) is 1. The van der Waals surface area contributed by atoms with Crippen LogP contribution in [-0.4, -0.2) is 77.4 Å². The van der Waals surface area contributed by atoms with Crippen LogP contribution in [0, 0.1) is 0 Å². The summed E-state index contributed by atoms with van der Waals surface area (Å²) < 4.78 is 52.5. The second kappa shape index (κ2) is 9.78. The minimum absolute atomic E-state index is 0.0193. The Bertz CT molecular complexity index is 1200. The molecule has 1 spiro atoms. The van der Waals surface area contributed by atoms with Crippen LogP contribution in [0.15, 0.2) is 17.3 Å². The summed E-state index contributed by atoms with van der Waals surface area (Å²) in [4.78, 5) is 12.2. The fourth-order valence-corrected chi connectivity index (χ4v) is 7.34. The van der Waals surface area contributed by atoms with Gasteiger partial charge in [0.15, 0.2) is 34.2 Å². The summed E-state index contributed by atoms with van der Waals surface area (Å²) in [6.45, 7) is 20.8. The van der Waals surface area contributed by atoms with Crippen molar-refractivity contribution in [3.8, 4) is 0 Å². The molecule has 3 rings (SSSR count). The lowest BCUT2D eigenvalue weighted by Crippen LogP contribution is -2.59. The fraction of sp³-hybridized carbons (Fsp3) is 0.783. The Kier molecular flexibility index (Phi) is 7.95. The molecule has 38 heavy (non-hydrogen) atoms. The van der Waals surface area contributed by atoms with Crippen molar-refractivity contribution in [1.82, 2.24) is 20.3 Å². The molecule has 1 unspecified atom stereocenters. The van der Waals surface area contributed by atoms with Crippen LogP contribution in [0.5, 0.6) is 0 Å². The van der Waals surface area contributed by atoms with E-state index >= 15 is 0 Å². The van der Waals surface area contributed by atoms with E-state index in [4.69, 9.17) is 23.5 Å². The first-order valence-electron chi connectivity index (χ1n) is 12.6. The van der Waals surface area contributed by atoms with Crippen LogP contribution < -0.4 is 11.1 Å². The second-order valence-corrected chi connectivity index (χ2v) is 23.9. The zero-order valence-corrected chi connectivity index (χ0v) is 27.1. The summed E-state index contributed by atoms with van der Waals surface area (Å²) in [5.41, 5.74) is 4.81. The number of hydrogen-bond acceptors (Lipinski definition) is 10. The highest BCUT2D eigenvalue weighted by Gasteiger charge is 2.67. The lowest BCUT2D eigenvalue weighted by atomic mass is 9.89. The highest BCUT2D eigenvalue weighted by Crippen LogP contribution is 2.52. The van der Waals surface area contributed by atoms with Gasteiger partial charge in [-0.1, -0.05) is 46.8 Å². The minimum atomic E-state index is -4.13. The standard InChI is InChI=1S/C23H43N5O7SSi2/c1-21(2,3)37(8,9)32-13-17-23(16(24)14-36(30,31)35-23)18(34-38(10,11)22(4,5)6)20(33-17)28-12-15(26-27-28)19(29)25-7/h12,14,17-18,20H,13,24H2,1-11H3,(H,25,29)/t17-,18+,20-,23?/m1/s1. The molecule has 0 aliphatic carbocycles. The average molecular weight is 590 g/mol. The van der Waals surface area contributed by atoms with Crippen molar-refractivity contribution < 1.29 is 31.0 Å². The number of aromatic nitrogens is 3. The predicted molar refractivity (Wildman–Crippen MR) is 148 cm³/mol. The quantitative estimate of drug-likeness (QED) is 0.358. The molecule has 4 atom stereocenters. The highest BCUT2D eigenvalue weighted by atomic mass is 32.2. The summed E-state index contributed by atoms with van der Waals surface area (Å²) in [7, 11) is -7.48. The Balaban J connectivity index is 2.16. The number of nitrogens with zero attached hydrogens (tertiary/aromatic N) is 3. The van der Waals surface area contributed by atoms with Gasteiger partial charge in [0.25, 0.3) is 16.0 Å². The number of carbonyl (C=O) groups is 1. The molecule has 15 heteroatoms. The summed E-state index contributed by atoms with van der Waals surface area (Å²) in [5.74, 6) is -0.428. The third-order valence-electron chi connectivity index (χ3n) is 8.30. The van der Waals surface area contributed by atoms with Crippen LogP contribution in [0.3, 0.4) is 0 Å². The lowest BCUT2D eigenvalue weighted by molar-refractivity contribution is -0.0595. The first kappa shape index (κ1) is 30.9. The Morgan fingerprint density at radius 1 is 1.16 bits per heavy atom. The van der Waals surface area contributed by atoms with Gasteiger partial charge < -0.3 is 24.6 Å². The van der Waals surface area contributed by atoms with Crippen molar-refractivity contribution in [2.45, 2.75) is 102 Å². The second-order valence-electron chi connectivity index (χ2n) is 13.0. The van der Waals surface area contributed by atoms with Gasteiger partial charge >= 0.3 is 0 Å². The first-order chi connectivity index (χ1) is 17.1. The molecule has 2 aliphatic rings. The normalized spacial score (nSPS) is 28.1. The number of nitrogens with one attached hydrogen (secondary N) is 1. The number of hydrogen-bond donors (Lipinski definition) is 2. The molecule has 1 aromatic rings. The molecule has 0 saturated carbocycles. The molecule has 216 valence electrons. The Hall–Kier alpha value is -1.63. The number of carbonyl (C=O) groups excluding carboxylic acids is 1. The van der Waals surface area contributed by atoms with E-state index in [0.717, 1.165) is 5.41 Å². The Morgan fingerprint density at radius 3 is 2.21 bits per heavy atom. The largest absolute Gasteiger partial charge is 0.414 e. The van der Waals surface area contributed by atoms with Crippen LogP contribution >= 0.6 is 0 Å². The molecular weight excluding hydrogens is 547 g/mol. The smallest absolute Gasteiger partial charge is 0.292 e.